The lowest BCUT2D eigenvalue weighted by Gasteiger charge is -2.24. The molecule has 1 saturated heterocycles. The van der Waals surface area contributed by atoms with Gasteiger partial charge < -0.3 is 10.4 Å². The molecular weight excluding hydrogens is 294 g/mol. The van der Waals surface area contributed by atoms with Crippen LogP contribution in [0.1, 0.15) is 58.9 Å². The zero-order valence-corrected chi connectivity index (χ0v) is 14.5. The van der Waals surface area contributed by atoms with Gasteiger partial charge in [0.05, 0.1) is 0 Å². The summed E-state index contributed by atoms with van der Waals surface area (Å²) in [5.41, 5.74) is 6.89. The van der Waals surface area contributed by atoms with Gasteiger partial charge in [-0.05, 0) is 92.3 Å². The summed E-state index contributed by atoms with van der Waals surface area (Å²) in [5, 5.41) is 13.7. The van der Waals surface area contributed by atoms with Crippen molar-refractivity contribution in [3.05, 3.63) is 64.2 Å². The molecule has 2 aromatic carbocycles. The van der Waals surface area contributed by atoms with Gasteiger partial charge in [-0.1, -0.05) is 30.3 Å². The average molecular weight is 321 g/mol. The minimum absolute atomic E-state index is 0.463. The molecule has 2 nitrogen and oxygen atoms in total. The second kappa shape index (κ2) is 6.60. The fourth-order valence-corrected chi connectivity index (χ4v) is 4.59. The molecule has 2 aromatic rings. The Hall–Kier alpha value is -1.80. The third-order valence-corrected chi connectivity index (χ3v) is 5.99. The van der Waals surface area contributed by atoms with Crippen LogP contribution >= 0.6 is 0 Å². The lowest BCUT2D eigenvalue weighted by molar-refractivity contribution is 0.460. The molecule has 1 atom stereocenters. The molecule has 0 saturated carbocycles. The maximum atomic E-state index is 10.3. The number of phenols is 1. The van der Waals surface area contributed by atoms with Crippen LogP contribution < -0.4 is 5.32 Å². The van der Waals surface area contributed by atoms with Crippen molar-refractivity contribution in [1.82, 2.24) is 5.32 Å². The molecule has 0 radical (unpaired) electrons. The van der Waals surface area contributed by atoms with E-state index < -0.39 is 0 Å². The first-order chi connectivity index (χ1) is 11.7. The van der Waals surface area contributed by atoms with Crippen LogP contribution in [0.25, 0.3) is 0 Å². The lowest BCUT2D eigenvalue weighted by atomic mass is 9.86. The Labute approximate surface area is 144 Å². The molecule has 1 heterocycles. The van der Waals surface area contributed by atoms with Gasteiger partial charge >= 0.3 is 0 Å². The number of hydrogen-bond donors (Lipinski definition) is 2. The molecule has 0 spiro atoms. The largest absolute Gasteiger partial charge is 0.508 e. The smallest absolute Gasteiger partial charge is 0.119 e. The molecule has 4 rings (SSSR count). The normalized spacial score (nSPS) is 21.0. The summed E-state index contributed by atoms with van der Waals surface area (Å²) in [5.74, 6) is 1.67. The Morgan fingerprint density at radius 3 is 2.71 bits per heavy atom. The van der Waals surface area contributed by atoms with Crippen molar-refractivity contribution in [3.8, 4) is 5.75 Å². The third kappa shape index (κ3) is 2.95. The topological polar surface area (TPSA) is 32.3 Å². The predicted octanol–water partition coefficient (Wildman–Crippen LogP) is 4.44. The summed E-state index contributed by atoms with van der Waals surface area (Å²) in [6.07, 6.45) is 5.80. The van der Waals surface area contributed by atoms with Gasteiger partial charge in [0.15, 0.2) is 0 Å². The van der Waals surface area contributed by atoms with E-state index in [0.717, 1.165) is 38.3 Å². The summed E-state index contributed by atoms with van der Waals surface area (Å²) >= 11 is 0. The summed E-state index contributed by atoms with van der Waals surface area (Å²) in [4.78, 5) is 0. The van der Waals surface area contributed by atoms with E-state index in [0.29, 0.717) is 11.7 Å². The Morgan fingerprint density at radius 1 is 1.08 bits per heavy atom. The number of phenolic OH excluding ortho intramolecular Hbond substituents is 1. The fraction of sp³-hybridized carbons (Fsp3) is 0.455. The van der Waals surface area contributed by atoms with E-state index in [1.54, 1.807) is 0 Å². The zero-order valence-electron chi connectivity index (χ0n) is 14.5. The Morgan fingerprint density at radius 2 is 1.92 bits per heavy atom. The number of aromatic hydroxyl groups is 1. The Bertz CT molecular complexity index is 731. The monoisotopic (exact) mass is 321 g/mol. The van der Waals surface area contributed by atoms with Crippen molar-refractivity contribution in [3.63, 3.8) is 0 Å². The summed E-state index contributed by atoms with van der Waals surface area (Å²) in [7, 11) is 0. The standard InChI is InChI=1S/C22H27NO/c1-15-13-19(16-9-11-23-12-10-16)7-6-18(15)14-20-8-5-17-3-2-4-21(24)22(17)20/h2-4,6-7,13,16,20,23-24H,5,8-12,14H2,1H3. The highest BCUT2D eigenvalue weighted by Crippen LogP contribution is 2.41. The van der Waals surface area contributed by atoms with E-state index >= 15 is 0 Å². The second-order valence-electron chi connectivity index (χ2n) is 7.50. The first kappa shape index (κ1) is 15.7. The molecule has 1 aliphatic heterocycles. The number of benzene rings is 2. The SMILES string of the molecule is Cc1cc(C2CCNCC2)ccc1CC1CCc2cccc(O)c21. The molecule has 2 aliphatic rings. The first-order valence-electron chi connectivity index (χ1n) is 9.33. The van der Waals surface area contributed by atoms with Gasteiger partial charge in [0.25, 0.3) is 0 Å². The third-order valence-electron chi connectivity index (χ3n) is 5.99. The molecule has 1 unspecified atom stereocenters. The van der Waals surface area contributed by atoms with E-state index in [-0.39, 0.29) is 0 Å². The highest BCUT2D eigenvalue weighted by atomic mass is 16.3. The minimum atomic E-state index is 0.463. The lowest BCUT2D eigenvalue weighted by Crippen LogP contribution is -2.26. The van der Waals surface area contributed by atoms with Crippen molar-refractivity contribution < 1.29 is 5.11 Å². The number of rotatable bonds is 3. The summed E-state index contributed by atoms with van der Waals surface area (Å²) < 4.78 is 0. The quantitative estimate of drug-likeness (QED) is 0.876. The van der Waals surface area contributed by atoms with Gasteiger partial charge in [-0.3, -0.25) is 0 Å². The molecule has 0 aromatic heterocycles. The van der Waals surface area contributed by atoms with Crippen LogP contribution in [-0.4, -0.2) is 18.2 Å². The molecule has 1 fully saturated rings. The molecule has 1 aliphatic carbocycles. The zero-order chi connectivity index (χ0) is 16.5. The van der Waals surface area contributed by atoms with Crippen LogP contribution in [0.5, 0.6) is 5.75 Å². The molecule has 0 bridgehead atoms. The average Bonchev–Trinajstić information content (AvgIpc) is 3.02. The number of fused-ring (bicyclic) bond motifs is 1. The molecule has 2 heteroatoms. The van der Waals surface area contributed by atoms with Crippen LogP contribution in [0, 0.1) is 6.92 Å². The van der Waals surface area contributed by atoms with Crippen LogP contribution in [0.2, 0.25) is 0 Å². The maximum Gasteiger partial charge on any atom is 0.119 e. The van der Waals surface area contributed by atoms with Crippen LogP contribution in [0.4, 0.5) is 0 Å². The second-order valence-corrected chi connectivity index (χ2v) is 7.50. The van der Waals surface area contributed by atoms with Crippen LogP contribution in [0.15, 0.2) is 36.4 Å². The van der Waals surface area contributed by atoms with E-state index in [1.165, 1.54) is 40.7 Å². The van der Waals surface area contributed by atoms with Gasteiger partial charge in [0, 0.05) is 5.56 Å². The van der Waals surface area contributed by atoms with Gasteiger partial charge in [0.1, 0.15) is 5.75 Å². The maximum absolute atomic E-state index is 10.3. The molecule has 2 N–H and O–H groups in total. The van der Waals surface area contributed by atoms with Crippen molar-refractivity contribution in [1.29, 1.82) is 0 Å². The van der Waals surface area contributed by atoms with Crippen molar-refractivity contribution >= 4 is 0 Å². The van der Waals surface area contributed by atoms with Crippen molar-refractivity contribution in [2.75, 3.05) is 13.1 Å². The van der Waals surface area contributed by atoms with Gasteiger partial charge in [-0.15, -0.1) is 0 Å². The Balaban J connectivity index is 1.54. The predicted molar refractivity (Wildman–Crippen MR) is 98.9 cm³/mol. The van der Waals surface area contributed by atoms with Gasteiger partial charge in [-0.2, -0.15) is 0 Å². The van der Waals surface area contributed by atoms with E-state index in [4.69, 9.17) is 0 Å². The molecule has 126 valence electrons. The molecule has 0 amide bonds. The minimum Gasteiger partial charge on any atom is -0.508 e. The Kier molecular flexibility index (Phi) is 4.32. The van der Waals surface area contributed by atoms with E-state index in [9.17, 15) is 5.11 Å². The fourth-order valence-electron chi connectivity index (χ4n) is 4.59. The van der Waals surface area contributed by atoms with Crippen molar-refractivity contribution in [2.45, 2.75) is 50.9 Å². The summed E-state index contributed by atoms with van der Waals surface area (Å²) in [6, 6.07) is 13.1. The van der Waals surface area contributed by atoms with Crippen LogP contribution in [-0.2, 0) is 12.8 Å². The number of piperidine rings is 1. The highest BCUT2D eigenvalue weighted by molar-refractivity contribution is 5.46. The summed E-state index contributed by atoms with van der Waals surface area (Å²) in [6.45, 7) is 4.54. The number of hydrogen-bond acceptors (Lipinski definition) is 2. The van der Waals surface area contributed by atoms with Crippen molar-refractivity contribution in [2.24, 2.45) is 0 Å². The molecule has 24 heavy (non-hydrogen) atoms. The molecular formula is C22H27NO. The first-order valence-corrected chi connectivity index (χ1v) is 9.33. The van der Waals surface area contributed by atoms with E-state index in [2.05, 4.69) is 36.5 Å². The van der Waals surface area contributed by atoms with Gasteiger partial charge in [0.2, 0.25) is 0 Å². The van der Waals surface area contributed by atoms with E-state index in [1.807, 2.05) is 12.1 Å². The van der Waals surface area contributed by atoms with Crippen LogP contribution in [0.3, 0.4) is 0 Å². The number of aryl methyl sites for hydroxylation is 2. The highest BCUT2D eigenvalue weighted by Gasteiger charge is 2.26. The van der Waals surface area contributed by atoms with Gasteiger partial charge in [-0.25, -0.2) is 0 Å². The number of nitrogens with one attached hydrogen (secondary N) is 1.